The van der Waals surface area contributed by atoms with E-state index in [0.717, 1.165) is 0 Å². The van der Waals surface area contributed by atoms with Crippen molar-refractivity contribution in [1.82, 2.24) is 15.0 Å². The number of anilines is 1. The third-order valence-corrected chi connectivity index (χ3v) is 2.70. The summed E-state index contributed by atoms with van der Waals surface area (Å²) in [6.45, 7) is 7.07. The van der Waals surface area contributed by atoms with Gasteiger partial charge in [0.05, 0.1) is 0 Å². The number of carboxylic acids is 1. The van der Waals surface area contributed by atoms with Gasteiger partial charge in [0.2, 0.25) is 0 Å². The Bertz CT molecular complexity index is 621. The maximum absolute atomic E-state index is 11.2. The fraction of sp³-hybridized carbons (Fsp3) is 0.500. The molecule has 0 aliphatic carbocycles. The Morgan fingerprint density at radius 3 is 2.53 bits per heavy atom. The second-order valence-electron chi connectivity index (χ2n) is 4.71. The molecule has 0 amide bonds. The molecule has 0 aliphatic heterocycles. The van der Waals surface area contributed by atoms with E-state index < -0.39 is 12.0 Å². The number of oxazole rings is 1. The van der Waals surface area contributed by atoms with Crippen LogP contribution < -0.4 is 5.32 Å². The van der Waals surface area contributed by atoms with Crippen LogP contribution in [-0.2, 0) is 4.79 Å². The molecular formula is C12H16N4O3. The molecule has 0 bridgehead atoms. The van der Waals surface area contributed by atoms with Gasteiger partial charge in [-0.05, 0) is 12.8 Å². The van der Waals surface area contributed by atoms with Crippen LogP contribution in [0.15, 0.2) is 4.42 Å². The molecule has 7 heteroatoms. The monoisotopic (exact) mass is 264 g/mol. The first-order chi connectivity index (χ1) is 8.88. The molecule has 2 aromatic heterocycles. The molecule has 0 aromatic carbocycles. The number of aromatic nitrogens is 3. The maximum atomic E-state index is 11.2. The van der Waals surface area contributed by atoms with Gasteiger partial charge < -0.3 is 14.8 Å². The zero-order chi connectivity index (χ0) is 14.2. The number of aliphatic carboxylic acids is 1. The van der Waals surface area contributed by atoms with Crippen LogP contribution in [0.2, 0.25) is 0 Å². The molecule has 2 aromatic rings. The van der Waals surface area contributed by atoms with Gasteiger partial charge in [-0.2, -0.15) is 4.98 Å². The highest BCUT2D eigenvalue weighted by Gasteiger charge is 2.24. The van der Waals surface area contributed by atoms with Gasteiger partial charge in [0.1, 0.15) is 11.9 Å². The first-order valence-corrected chi connectivity index (χ1v) is 5.99. The predicted molar refractivity (Wildman–Crippen MR) is 69.0 cm³/mol. The summed E-state index contributed by atoms with van der Waals surface area (Å²) in [4.78, 5) is 23.7. The Morgan fingerprint density at radius 1 is 1.26 bits per heavy atom. The zero-order valence-electron chi connectivity index (χ0n) is 11.3. The van der Waals surface area contributed by atoms with Crippen molar-refractivity contribution < 1.29 is 14.3 Å². The standard InChI is InChI=1S/C12H16N4O3/c1-5(2)8(12(17)18)16-10-9-11(14-6(3)13-10)19-7(4)15-9/h5,8H,1-4H3,(H,17,18)(H,13,14,16)/t8-/m1/s1. The largest absolute Gasteiger partial charge is 0.480 e. The molecule has 2 heterocycles. The lowest BCUT2D eigenvalue weighted by Gasteiger charge is -2.18. The van der Waals surface area contributed by atoms with Crippen LogP contribution in [0.1, 0.15) is 25.6 Å². The number of aryl methyl sites for hydroxylation is 2. The SMILES string of the molecule is Cc1nc(N[C@@H](C(=O)O)C(C)C)c2nc(C)oc2n1. The molecular weight excluding hydrogens is 248 g/mol. The quantitative estimate of drug-likeness (QED) is 0.867. The highest BCUT2D eigenvalue weighted by Crippen LogP contribution is 2.22. The minimum Gasteiger partial charge on any atom is -0.480 e. The molecule has 2 rings (SSSR count). The molecule has 0 saturated carbocycles. The van der Waals surface area contributed by atoms with Gasteiger partial charge in [0.15, 0.2) is 17.2 Å². The molecule has 19 heavy (non-hydrogen) atoms. The Morgan fingerprint density at radius 2 is 1.95 bits per heavy atom. The second-order valence-corrected chi connectivity index (χ2v) is 4.71. The molecule has 102 valence electrons. The molecule has 7 nitrogen and oxygen atoms in total. The first-order valence-electron chi connectivity index (χ1n) is 5.99. The Labute approximate surface area is 110 Å². The summed E-state index contributed by atoms with van der Waals surface area (Å²) >= 11 is 0. The Kier molecular flexibility index (Phi) is 3.37. The summed E-state index contributed by atoms with van der Waals surface area (Å²) in [6, 6.07) is -0.741. The third kappa shape index (κ3) is 2.64. The number of hydrogen-bond acceptors (Lipinski definition) is 6. The van der Waals surface area contributed by atoms with E-state index in [9.17, 15) is 9.90 Å². The van der Waals surface area contributed by atoms with Gasteiger partial charge in [-0.15, -0.1) is 0 Å². The van der Waals surface area contributed by atoms with Gasteiger partial charge in [0, 0.05) is 6.92 Å². The van der Waals surface area contributed by atoms with Gasteiger partial charge in [-0.25, -0.2) is 14.8 Å². The van der Waals surface area contributed by atoms with Crippen molar-refractivity contribution in [2.24, 2.45) is 5.92 Å². The summed E-state index contributed by atoms with van der Waals surface area (Å²) < 4.78 is 5.34. The molecule has 2 N–H and O–H groups in total. The third-order valence-electron chi connectivity index (χ3n) is 2.70. The van der Waals surface area contributed by atoms with E-state index >= 15 is 0 Å². The van der Waals surface area contributed by atoms with Gasteiger partial charge in [-0.1, -0.05) is 13.8 Å². The summed E-state index contributed by atoms with van der Waals surface area (Å²) in [5, 5.41) is 12.1. The van der Waals surface area contributed by atoms with E-state index in [4.69, 9.17) is 4.42 Å². The van der Waals surface area contributed by atoms with E-state index in [1.54, 1.807) is 13.8 Å². The summed E-state index contributed by atoms with van der Waals surface area (Å²) in [5.74, 6) is 0.337. The maximum Gasteiger partial charge on any atom is 0.326 e. The van der Waals surface area contributed by atoms with Crippen molar-refractivity contribution in [2.75, 3.05) is 5.32 Å². The van der Waals surface area contributed by atoms with Gasteiger partial charge in [0.25, 0.3) is 5.71 Å². The van der Waals surface area contributed by atoms with Crippen LogP contribution in [0.25, 0.3) is 11.2 Å². The highest BCUT2D eigenvalue weighted by molar-refractivity contribution is 5.85. The normalized spacial score (nSPS) is 12.9. The second kappa shape index (κ2) is 4.83. The van der Waals surface area contributed by atoms with Crippen LogP contribution in [-0.4, -0.2) is 32.1 Å². The lowest BCUT2D eigenvalue weighted by Crippen LogP contribution is -2.34. The average Bonchev–Trinajstić information content (AvgIpc) is 2.64. The smallest absolute Gasteiger partial charge is 0.326 e. The van der Waals surface area contributed by atoms with Crippen LogP contribution in [0.5, 0.6) is 0 Å². The lowest BCUT2D eigenvalue weighted by atomic mass is 10.1. The lowest BCUT2D eigenvalue weighted by molar-refractivity contribution is -0.138. The van der Waals surface area contributed by atoms with Crippen molar-refractivity contribution in [3.8, 4) is 0 Å². The summed E-state index contributed by atoms with van der Waals surface area (Å²) in [6.07, 6.45) is 0. The summed E-state index contributed by atoms with van der Waals surface area (Å²) in [5.41, 5.74) is 0.815. The summed E-state index contributed by atoms with van der Waals surface area (Å²) in [7, 11) is 0. The van der Waals surface area contributed by atoms with E-state index in [1.165, 1.54) is 0 Å². The molecule has 0 unspecified atom stereocenters. The van der Waals surface area contributed by atoms with E-state index in [0.29, 0.717) is 28.8 Å². The van der Waals surface area contributed by atoms with Crippen molar-refractivity contribution >= 4 is 23.0 Å². The minimum absolute atomic E-state index is 0.0872. The number of hydrogen-bond donors (Lipinski definition) is 2. The number of fused-ring (bicyclic) bond motifs is 1. The molecule has 0 spiro atoms. The van der Waals surface area contributed by atoms with Crippen molar-refractivity contribution in [3.05, 3.63) is 11.7 Å². The van der Waals surface area contributed by atoms with E-state index in [-0.39, 0.29) is 5.92 Å². The number of rotatable bonds is 4. The van der Waals surface area contributed by atoms with Crippen molar-refractivity contribution in [3.63, 3.8) is 0 Å². The minimum atomic E-state index is -0.931. The predicted octanol–water partition coefficient (Wildman–Crippen LogP) is 1.76. The molecule has 1 atom stereocenters. The number of carboxylic acid groups (broad SMARTS) is 1. The number of nitrogens with zero attached hydrogens (tertiary/aromatic N) is 3. The van der Waals surface area contributed by atoms with Crippen molar-refractivity contribution in [2.45, 2.75) is 33.7 Å². The van der Waals surface area contributed by atoms with E-state index in [1.807, 2.05) is 13.8 Å². The molecule has 0 saturated heterocycles. The Hall–Kier alpha value is -2.18. The van der Waals surface area contributed by atoms with Crippen LogP contribution in [0.3, 0.4) is 0 Å². The fourth-order valence-corrected chi connectivity index (χ4v) is 1.79. The number of nitrogens with one attached hydrogen (secondary N) is 1. The number of carbonyl (C=O) groups is 1. The first kappa shape index (κ1) is 13.3. The van der Waals surface area contributed by atoms with Gasteiger partial charge in [-0.3, -0.25) is 0 Å². The fourth-order valence-electron chi connectivity index (χ4n) is 1.79. The Balaban J connectivity index is 2.46. The average molecular weight is 264 g/mol. The van der Waals surface area contributed by atoms with Crippen LogP contribution in [0.4, 0.5) is 5.82 Å². The molecule has 0 fully saturated rings. The van der Waals surface area contributed by atoms with Crippen LogP contribution in [0, 0.1) is 19.8 Å². The van der Waals surface area contributed by atoms with Crippen LogP contribution >= 0.6 is 0 Å². The van der Waals surface area contributed by atoms with E-state index in [2.05, 4.69) is 20.3 Å². The van der Waals surface area contributed by atoms with Crippen molar-refractivity contribution in [1.29, 1.82) is 0 Å². The topological polar surface area (TPSA) is 101 Å². The zero-order valence-corrected chi connectivity index (χ0v) is 11.3. The van der Waals surface area contributed by atoms with Gasteiger partial charge >= 0.3 is 5.97 Å². The molecule has 0 radical (unpaired) electrons. The highest BCUT2D eigenvalue weighted by atomic mass is 16.4. The molecule has 0 aliphatic rings.